The van der Waals surface area contributed by atoms with Gasteiger partial charge in [0.15, 0.2) is 0 Å². The zero-order valence-corrected chi connectivity index (χ0v) is 10.4. The normalized spacial score (nSPS) is 12.6. The van der Waals surface area contributed by atoms with Crippen molar-refractivity contribution in [3.8, 4) is 0 Å². The molecular formula is C8H14N2O7S. The fourth-order valence-electron chi connectivity index (χ4n) is 0.982. The molecule has 0 saturated heterocycles. The highest BCUT2D eigenvalue weighted by Gasteiger charge is 2.28. The molecule has 18 heavy (non-hydrogen) atoms. The van der Waals surface area contributed by atoms with Gasteiger partial charge in [-0.2, -0.15) is 8.42 Å². The molecule has 0 unspecified atom stereocenters. The lowest BCUT2D eigenvalue weighted by atomic mass is 10.2. The van der Waals surface area contributed by atoms with Crippen LogP contribution in [0.15, 0.2) is 0 Å². The molecule has 0 spiro atoms. The van der Waals surface area contributed by atoms with Crippen LogP contribution < -0.4 is 11.1 Å². The van der Waals surface area contributed by atoms with Gasteiger partial charge in [-0.15, -0.1) is 0 Å². The molecule has 0 rings (SSSR count). The van der Waals surface area contributed by atoms with Crippen LogP contribution in [-0.2, 0) is 28.7 Å². The smallest absolute Gasteiger partial charge is 0.344 e. The molecule has 0 aliphatic heterocycles. The van der Waals surface area contributed by atoms with Crippen LogP contribution in [0.2, 0.25) is 0 Å². The van der Waals surface area contributed by atoms with E-state index in [0.717, 1.165) is 6.92 Å². The Balaban J connectivity index is 4.75. The van der Waals surface area contributed by atoms with E-state index in [0.29, 0.717) is 0 Å². The van der Waals surface area contributed by atoms with Crippen LogP contribution in [0.5, 0.6) is 0 Å². The van der Waals surface area contributed by atoms with Crippen LogP contribution in [0.25, 0.3) is 0 Å². The van der Waals surface area contributed by atoms with Crippen LogP contribution in [0.4, 0.5) is 0 Å². The maximum Gasteiger partial charge on any atom is 0.344 e. The fraction of sp³-hybridized carbons (Fsp3) is 0.625. The number of carbonyl (C=O) groups excluding carboxylic acids is 2. The lowest BCUT2D eigenvalue weighted by Crippen LogP contribution is -2.43. The van der Waals surface area contributed by atoms with Crippen molar-refractivity contribution in [3.05, 3.63) is 0 Å². The standard InChI is InChI=1S/C8H14N2O7S/c1-5(11)10-6(4-7(12)13)8(14)17-18(15,16)3-2-9/h6H,2-4,9H2,1H3,(H,10,11)(H,12,13)/t6-/m0/s1. The topological polar surface area (TPSA) is 153 Å². The third kappa shape index (κ3) is 6.81. The number of aliphatic carboxylic acids is 1. The van der Waals surface area contributed by atoms with Gasteiger partial charge < -0.3 is 20.3 Å². The number of carboxylic acid groups (broad SMARTS) is 1. The number of hydrogen-bond acceptors (Lipinski definition) is 7. The number of rotatable bonds is 7. The highest BCUT2D eigenvalue weighted by molar-refractivity contribution is 7.87. The Morgan fingerprint density at radius 3 is 2.33 bits per heavy atom. The third-order valence-electron chi connectivity index (χ3n) is 1.62. The summed E-state index contributed by atoms with van der Waals surface area (Å²) in [5.41, 5.74) is 4.99. The summed E-state index contributed by atoms with van der Waals surface area (Å²) in [6.07, 6.45) is -0.781. The van der Waals surface area contributed by atoms with Gasteiger partial charge >= 0.3 is 22.1 Å². The van der Waals surface area contributed by atoms with Gasteiger partial charge in [-0.25, -0.2) is 4.79 Å². The van der Waals surface area contributed by atoms with E-state index in [4.69, 9.17) is 10.8 Å². The monoisotopic (exact) mass is 282 g/mol. The van der Waals surface area contributed by atoms with E-state index in [1.807, 2.05) is 5.32 Å². The summed E-state index contributed by atoms with van der Waals surface area (Å²) in [6.45, 7) is 0.801. The summed E-state index contributed by atoms with van der Waals surface area (Å²) in [5.74, 6) is -4.02. The molecule has 0 radical (unpaired) electrons. The van der Waals surface area contributed by atoms with E-state index in [2.05, 4.69) is 4.18 Å². The Bertz CT molecular complexity index is 415. The van der Waals surface area contributed by atoms with Crippen LogP contribution >= 0.6 is 0 Å². The molecule has 0 aromatic rings. The molecule has 0 aliphatic carbocycles. The van der Waals surface area contributed by atoms with Crippen molar-refractivity contribution in [2.24, 2.45) is 5.73 Å². The van der Waals surface area contributed by atoms with Gasteiger partial charge in [0.25, 0.3) is 0 Å². The van der Waals surface area contributed by atoms with Crippen molar-refractivity contribution in [3.63, 3.8) is 0 Å². The Kier molecular flexibility index (Phi) is 6.27. The maximum atomic E-state index is 11.4. The molecule has 0 saturated carbocycles. The van der Waals surface area contributed by atoms with Crippen molar-refractivity contribution >= 4 is 28.0 Å². The van der Waals surface area contributed by atoms with Crippen molar-refractivity contribution in [2.75, 3.05) is 12.3 Å². The number of carboxylic acids is 1. The molecule has 104 valence electrons. The Morgan fingerprint density at radius 2 is 1.94 bits per heavy atom. The second kappa shape index (κ2) is 6.91. The second-order valence-electron chi connectivity index (χ2n) is 3.30. The quantitative estimate of drug-likeness (QED) is 0.444. The number of amides is 1. The van der Waals surface area contributed by atoms with Gasteiger partial charge in [0, 0.05) is 13.5 Å². The Labute approximate surface area is 103 Å². The minimum Gasteiger partial charge on any atom is -0.481 e. The highest BCUT2D eigenvalue weighted by atomic mass is 32.2. The molecule has 0 aromatic heterocycles. The first-order valence-electron chi connectivity index (χ1n) is 4.83. The summed E-state index contributed by atoms with van der Waals surface area (Å²) < 4.78 is 26.4. The third-order valence-corrected chi connectivity index (χ3v) is 2.77. The molecule has 9 nitrogen and oxygen atoms in total. The Hall–Kier alpha value is -1.68. The molecule has 0 fully saturated rings. The molecule has 1 amide bonds. The van der Waals surface area contributed by atoms with Crippen LogP contribution in [0.3, 0.4) is 0 Å². The minimum absolute atomic E-state index is 0.251. The fourth-order valence-corrected chi connectivity index (χ4v) is 1.72. The van der Waals surface area contributed by atoms with E-state index < -0.39 is 46.2 Å². The van der Waals surface area contributed by atoms with Crippen LogP contribution in [0, 0.1) is 0 Å². The lowest BCUT2D eigenvalue weighted by Gasteiger charge is -2.14. The zero-order chi connectivity index (χ0) is 14.3. The highest BCUT2D eigenvalue weighted by Crippen LogP contribution is 2.01. The lowest BCUT2D eigenvalue weighted by molar-refractivity contribution is -0.145. The predicted molar refractivity (Wildman–Crippen MR) is 58.8 cm³/mol. The summed E-state index contributed by atoms with van der Waals surface area (Å²) >= 11 is 0. The number of nitrogens with one attached hydrogen (secondary N) is 1. The molecule has 0 heterocycles. The van der Waals surface area contributed by atoms with Gasteiger partial charge in [0.05, 0.1) is 12.2 Å². The molecule has 1 atom stereocenters. The summed E-state index contributed by atoms with van der Waals surface area (Å²) in [4.78, 5) is 32.6. The van der Waals surface area contributed by atoms with Crippen molar-refractivity contribution in [1.82, 2.24) is 5.32 Å². The van der Waals surface area contributed by atoms with Gasteiger partial charge in [-0.3, -0.25) is 9.59 Å². The minimum atomic E-state index is -4.17. The van der Waals surface area contributed by atoms with E-state index in [-0.39, 0.29) is 6.54 Å². The van der Waals surface area contributed by atoms with E-state index >= 15 is 0 Å². The van der Waals surface area contributed by atoms with Crippen molar-refractivity contribution in [2.45, 2.75) is 19.4 Å². The summed E-state index contributed by atoms with van der Waals surface area (Å²) in [6, 6.07) is -1.56. The molecule has 4 N–H and O–H groups in total. The van der Waals surface area contributed by atoms with Gasteiger partial charge in [0.1, 0.15) is 6.04 Å². The van der Waals surface area contributed by atoms with Crippen LogP contribution in [0.1, 0.15) is 13.3 Å². The predicted octanol–water partition coefficient (Wildman–Crippen LogP) is -2.20. The van der Waals surface area contributed by atoms with Gasteiger partial charge in [-0.1, -0.05) is 0 Å². The van der Waals surface area contributed by atoms with Gasteiger partial charge in [-0.05, 0) is 0 Å². The average Bonchev–Trinajstić information content (AvgIpc) is 2.13. The number of hydrogen-bond donors (Lipinski definition) is 3. The first-order valence-corrected chi connectivity index (χ1v) is 6.40. The van der Waals surface area contributed by atoms with Gasteiger partial charge in [0.2, 0.25) is 5.91 Å². The first kappa shape index (κ1) is 16.3. The van der Waals surface area contributed by atoms with E-state index in [1.54, 1.807) is 0 Å². The second-order valence-corrected chi connectivity index (χ2v) is 4.99. The first-order chi connectivity index (χ1) is 8.18. The number of nitrogens with two attached hydrogens (primary N) is 1. The largest absolute Gasteiger partial charge is 0.481 e. The van der Waals surface area contributed by atoms with Crippen molar-refractivity contribution < 1.29 is 32.1 Å². The average molecular weight is 282 g/mol. The van der Waals surface area contributed by atoms with E-state index in [9.17, 15) is 22.8 Å². The molecule has 0 bridgehead atoms. The molecule has 0 aliphatic rings. The summed E-state index contributed by atoms with van der Waals surface area (Å²) in [5, 5.41) is 10.5. The zero-order valence-electron chi connectivity index (χ0n) is 9.58. The molecular weight excluding hydrogens is 268 g/mol. The molecule has 10 heteroatoms. The number of carbonyl (C=O) groups is 3. The Morgan fingerprint density at radius 1 is 1.39 bits per heavy atom. The van der Waals surface area contributed by atoms with Crippen molar-refractivity contribution in [1.29, 1.82) is 0 Å². The maximum absolute atomic E-state index is 11.4. The SMILES string of the molecule is CC(=O)N[C@@H](CC(=O)O)C(=O)OS(=O)(=O)CCN. The van der Waals surface area contributed by atoms with E-state index in [1.165, 1.54) is 0 Å². The van der Waals surface area contributed by atoms with Crippen LogP contribution in [-0.4, -0.2) is 49.7 Å². The molecule has 0 aromatic carbocycles. The summed E-state index contributed by atoms with van der Waals surface area (Å²) in [7, 11) is -4.17.